The number of benzene rings is 2. The van der Waals surface area contributed by atoms with Crippen molar-refractivity contribution >= 4 is 27.3 Å². The molecule has 0 unspecified atom stereocenters. The van der Waals surface area contributed by atoms with E-state index in [9.17, 15) is 13.2 Å². The Morgan fingerprint density at radius 1 is 1.11 bits per heavy atom. The number of nitrogens with one attached hydrogen (secondary N) is 1. The number of amides is 1. The second kappa shape index (κ2) is 8.64. The predicted molar refractivity (Wildman–Crippen MR) is 110 cm³/mol. The highest BCUT2D eigenvalue weighted by Gasteiger charge is 2.16. The molecule has 0 saturated heterocycles. The molecular weight excluding hydrogens is 394 g/mol. The molecule has 3 rings (SSSR count). The zero-order valence-electron chi connectivity index (χ0n) is 15.6. The molecule has 1 N–H and O–H groups in total. The maximum atomic E-state index is 12.5. The largest absolute Gasteiger partial charge is 0.319 e. The number of aromatic nitrogens is 1. The van der Waals surface area contributed by atoms with Gasteiger partial charge in [-0.05, 0) is 43.7 Å². The molecule has 1 heterocycles. The van der Waals surface area contributed by atoms with E-state index in [1.54, 1.807) is 13.8 Å². The topological polar surface area (TPSA) is 80.5 Å². The Hall–Kier alpha value is -2.55. The van der Waals surface area contributed by atoms with Crippen molar-refractivity contribution in [1.29, 1.82) is 0 Å². The molecule has 146 valence electrons. The summed E-state index contributed by atoms with van der Waals surface area (Å²) in [4.78, 5) is 17.4. The zero-order valence-corrected chi connectivity index (χ0v) is 17.2. The van der Waals surface area contributed by atoms with Gasteiger partial charge in [-0.2, -0.15) is 4.99 Å². The highest BCUT2D eigenvalue weighted by molar-refractivity contribution is 7.89. The molecule has 8 heteroatoms. The van der Waals surface area contributed by atoms with E-state index in [0.717, 1.165) is 5.56 Å². The van der Waals surface area contributed by atoms with Crippen LogP contribution in [0.3, 0.4) is 0 Å². The van der Waals surface area contributed by atoms with Crippen LogP contribution in [0.1, 0.15) is 29.8 Å². The summed E-state index contributed by atoms with van der Waals surface area (Å²) in [6.45, 7) is 4.12. The van der Waals surface area contributed by atoms with Crippen molar-refractivity contribution in [3.63, 3.8) is 0 Å². The molecule has 0 aliphatic rings. The van der Waals surface area contributed by atoms with Gasteiger partial charge in [0.2, 0.25) is 10.0 Å². The van der Waals surface area contributed by atoms with E-state index < -0.39 is 15.9 Å². The van der Waals surface area contributed by atoms with Crippen LogP contribution in [0.25, 0.3) is 0 Å². The average molecular weight is 416 g/mol. The van der Waals surface area contributed by atoms with Crippen molar-refractivity contribution in [2.24, 2.45) is 4.99 Å². The van der Waals surface area contributed by atoms with Crippen molar-refractivity contribution in [2.45, 2.75) is 31.3 Å². The Kier molecular flexibility index (Phi) is 6.23. The van der Waals surface area contributed by atoms with Crippen LogP contribution < -0.4 is 9.52 Å². The molecule has 0 fully saturated rings. The molecule has 28 heavy (non-hydrogen) atoms. The van der Waals surface area contributed by atoms with Crippen molar-refractivity contribution in [1.82, 2.24) is 9.29 Å². The number of hydrogen-bond acceptors (Lipinski definition) is 4. The fourth-order valence-electron chi connectivity index (χ4n) is 2.59. The third kappa shape index (κ3) is 5.03. The Balaban J connectivity index is 1.81. The van der Waals surface area contributed by atoms with Gasteiger partial charge >= 0.3 is 0 Å². The maximum absolute atomic E-state index is 12.5. The first kappa shape index (κ1) is 20.2. The van der Waals surface area contributed by atoms with Crippen LogP contribution in [0.15, 0.2) is 76.1 Å². The molecular formula is C20H21N3O3S2. The number of thiazole rings is 1. The van der Waals surface area contributed by atoms with E-state index >= 15 is 0 Å². The van der Waals surface area contributed by atoms with E-state index in [-0.39, 0.29) is 10.9 Å². The summed E-state index contributed by atoms with van der Waals surface area (Å²) >= 11 is 1.38. The van der Waals surface area contributed by atoms with Crippen LogP contribution in [0.2, 0.25) is 0 Å². The van der Waals surface area contributed by atoms with E-state index in [4.69, 9.17) is 0 Å². The van der Waals surface area contributed by atoms with Crippen LogP contribution in [0.5, 0.6) is 0 Å². The zero-order chi connectivity index (χ0) is 20.1. The van der Waals surface area contributed by atoms with Gasteiger partial charge in [0, 0.05) is 29.7 Å². The first-order chi connectivity index (χ1) is 13.3. The molecule has 3 aromatic rings. The van der Waals surface area contributed by atoms with Gasteiger partial charge in [-0.25, -0.2) is 13.1 Å². The van der Waals surface area contributed by atoms with E-state index in [1.165, 1.54) is 35.6 Å². The summed E-state index contributed by atoms with van der Waals surface area (Å²) in [7, 11) is -3.59. The number of nitrogens with zero attached hydrogens (tertiary/aromatic N) is 2. The van der Waals surface area contributed by atoms with Crippen molar-refractivity contribution < 1.29 is 13.2 Å². The Bertz CT molecular complexity index is 1110. The number of sulfonamides is 1. The minimum absolute atomic E-state index is 0.119. The lowest BCUT2D eigenvalue weighted by molar-refractivity contribution is 0.0997. The summed E-state index contributed by atoms with van der Waals surface area (Å²) < 4.78 is 28.8. The van der Waals surface area contributed by atoms with Gasteiger partial charge in [-0.1, -0.05) is 30.3 Å². The van der Waals surface area contributed by atoms with Crippen LogP contribution in [0.4, 0.5) is 0 Å². The van der Waals surface area contributed by atoms with Gasteiger partial charge in [-0.15, -0.1) is 11.3 Å². The molecule has 0 aliphatic heterocycles. The lowest BCUT2D eigenvalue weighted by atomic mass is 10.2. The molecule has 0 bridgehead atoms. The van der Waals surface area contributed by atoms with Crippen molar-refractivity contribution in [2.75, 3.05) is 0 Å². The van der Waals surface area contributed by atoms with Gasteiger partial charge in [0.15, 0.2) is 4.80 Å². The van der Waals surface area contributed by atoms with Gasteiger partial charge in [0.1, 0.15) is 0 Å². The van der Waals surface area contributed by atoms with Crippen LogP contribution in [-0.4, -0.2) is 24.9 Å². The predicted octanol–water partition coefficient (Wildman–Crippen LogP) is 3.03. The van der Waals surface area contributed by atoms with Gasteiger partial charge in [0.05, 0.1) is 4.90 Å². The molecule has 2 aromatic carbocycles. The quantitative estimate of drug-likeness (QED) is 0.672. The molecule has 0 atom stereocenters. The van der Waals surface area contributed by atoms with Crippen molar-refractivity contribution in [3.05, 3.63) is 82.1 Å². The lowest BCUT2D eigenvalue weighted by Gasteiger charge is -2.09. The third-order valence-corrected chi connectivity index (χ3v) is 6.32. The van der Waals surface area contributed by atoms with Crippen LogP contribution >= 0.6 is 11.3 Å². The van der Waals surface area contributed by atoms with Crippen molar-refractivity contribution in [3.8, 4) is 0 Å². The second-order valence-electron chi connectivity index (χ2n) is 6.52. The summed E-state index contributed by atoms with van der Waals surface area (Å²) in [6, 6.07) is 15.5. The van der Waals surface area contributed by atoms with E-state index in [2.05, 4.69) is 9.71 Å². The van der Waals surface area contributed by atoms with E-state index in [0.29, 0.717) is 16.9 Å². The Morgan fingerprint density at radius 3 is 2.43 bits per heavy atom. The van der Waals surface area contributed by atoms with Gasteiger partial charge in [-0.3, -0.25) is 4.79 Å². The monoisotopic (exact) mass is 415 g/mol. The van der Waals surface area contributed by atoms with Gasteiger partial charge < -0.3 is 4.57 Å². The first-order valence-corrected chi connectivity index (χ1v) is 11.1. The molecule has 0 spiro atoms. The molecule has 0 radical (unpaired) electrons. The molecule has 0 saturated carbocycles. The normalized spacial score (nSPS) is 12.5. The minimum atomic E-state index is -3.59. The Labute approximate surface area is 168 Å². The molecule has 1 amide bonds. The molecule has 6 nitrogen and oxygen atoms in total. The summed E-state index contributed by atoms with van der Waals surface area (Å²) in [5, 5.41) is 1.88. The van der Waals surface area contributed by atoms with E-state index in [1.807, 2.05) is 46.5 Å². The SMILES string of the molecule is CC(C)NS(=O)(=O)c1ccc(C(=O)N=c2sccn2Cc2ccccc2)cc1. The number of hydrogen-bond donors (Lipinski definition) is 1. The number of carbonyl (C=O) groups excluding carboxylic acids is 1. The fraction of sp³-hybridized carbons (Fsp3) is 0.200. The highest BCUT2D eigenvalue weighted by Crippen LogP contribution is 2.12. The summed E-state index contributed by atoms with van der Waals surface area (Å²) in [5.74, 6) is -0.412. The third-order valence-electron chi connectivity index (χ3n) is 3.86. The standard InChI is InChI=1S/C20H21N3O3S2/c1-15(2)22-28(25,26)18-10-8-17(9-11-18)19(24)21-20-23(12-13-27-20)14-16-6-4-3-5-7-16/h3-13,15,22H,14H2,1-2H3. The molecule has 0 aliphatic carbocycles. The number of carbonyl (C=O) groups is 1. The fourth-order valence-corrected chi connectivity index (χ4v) is 4.57. The maximum Gasteiger partial charge on any atom is 0.279 e. The first-order valence-electron chi connectivity index (χ1n) is 8.74. The molecule has 1 aromatic heterocycles. The smallest absolute Gasteiger partial charge is 0.279 e. The lowest BCUT2D eigenvalue weighted by Crippen LogP contribution is -2.30. The highest BCUT2D eigenvalue weighted by atomic mass is 32.2. The number of rotatable bonds is 6. The van der Waals surface area contributed by atoms with Crippen LogP contribution in [0, 0.1) is 0 Å². The van der Waals surface area contributed by atoms with Gasteiger partial charge in [0.25, 0.3) is 5.91 Å². The van der Waals surface area contributed by atoms with Crippen LogP contribution in [-0.2, 0) is 16.6 Å². The average Bonchev–Trinajstić information content (AvgIpc) is 3.08. The summed E-state index contributed by atoms with van der Waals surface area (Å²) in [5.41, 5.74) is 1.45. The summed E-state index contributed by atoms with van der Waals surface area (Å²) in [6.07, 6.45) is 1.89. The Morgan fingerprint density at radius 2 is 1.79 bits per heavy atom. The second-order valence-corrected chi connectivity index (χ2v) is 9.10. The minimum Gasteiger partial charge on any atom is -0.319 e.